The second-order valence-corrected chi connectivity index (χ2v) is 7.80. The van der Waals surface area contributed by atoms with Crippen LogP contribution >= 0.6 is 23.1 Å². The van der Waals surface area contributed by atoms with Crippen LogP contribution in [-0.4, -0.2) is 35.5 Å². The molecule has 1 amide bonds. The highest BCUT2D eigenvalue weighted by Crippen LogP contribution is 2.28. The molecule has 2 N–H and O–H groups in total. The van der Waals surface area contributed by atoms with Crippen LogP contribution < -0.4 is 15.4 Å². The molecule has 3 rings (SSSR count). The van der Waals surface area contributed by atoms with E-state index in [-0.39, 0.29) is 5.91 Å². The van der Waals surface area contributed by atoms with E-state index < -0.39 is 0 Å². The van der Waals surface area contributed by atoms with Gasteiger partial charge < -0.3 is 15.4 Å². The molecule has 0 fully saturated rings. The summed E-state index contributed by atoms with van der Waals surface area (Å²) in [7, 11) is 1.63. The average molecular weight is 401 g/mol. The number of amides is 1. The van der Waals surface area contributed by atoms with E-state index in [1.165, 1.54) is 28.7 Å². The summed E-state index contributed by atoms with van der Waals surface area (Å²) in [5, 5.41) is 15.0. The molecule has 140 valence electrons. The van der Waals surface area contributed by atoms with Gasteiger partial charge in [0.15, 0.2) is 4.34 Å². The zero-order valence-corrected chi connectivity index (χ0v) is 16.5. The van der Waals surface area contributed by atoms with E-state index in [4.69, 9.17) is 4.74 Å². The lowest BCUT2D eigenvalue weighted by molar-refractivity contribution is -0.118. The van der Waals surface area contributed by atoms with E-state index in [9.17, 15) is 4.79 Å². The highest BCUT2D eigenvalue weighted by atomic mass is 32.2. The van der Waals surface area contributed by atoms with E-state index >= 15 is 0 Å². The van der Waals surface area contributed by atoms with Gasteiger partial charge in [-0.2, -0.15) is 0 Å². The van der Waals surface area contributed by atoms with Crippen molar-refractivity contribution in [1.29, 1.82) is 0 Å². The maximum absolute atomic E-state index is 12.0. The van der Waals surface area contributed by atoms with Crippen LogP contribution in [0.5, 0.6) is 5.75 Å². The molecule has 0 spiro atoms. The largest absolute Gasteiger partial charge is 0.497 e. The number of carbonyl (C=O) groups excluding carboxylic acids is 1. The highest BCUT2D eigenvalue weighted by Gasteiger charge is 2.08. The first kappa shape index (κ1) is 19.2. The number of hydrogen-bond acceptors (Lipinski definition) is 7. The van der Waals surface area contributed by atoms with Crippen molar-refractivity contribution in [3.63, 3.8) is 0 Å². The number of nitrogens with zero attached hydrogens (tertiary/aromatic N) is 2. The molecule has 8 heteroatoms. The Labute approximate surface area is 166 Å². The maximum Gasteiger partial charge on any atom is 0.230 e. The Balaban J connectivity index is 1.41. The Kier molecular flexibility index (Phi) is 7.06. The fourth-order valence-corrected chi connectivity index (χ4v) is 3.91. The summed E-state index contributed by atoms with van der Waals surface area (Å²) in [5.74, 6) is 1.09. The maximum atomic E-state index is 12.0. The molecule has 0 aliphatic rings. The van der Waals surface area contributed by atoms with Gasteiger partial charge in [-0.3, -0.25) is 4.79 Å². The summed E-state index contributed by atoms with van der Waals surface area (Å²) >= 11 is 2.79. The lowest BCUT2D eigenvalue weighted by atomic mass is 10.1. The predicted molar refractivity (Wildman–Crippen MR) is 110 cm³/mol. The zero-order valence-electron chi connectivity index (χ0n) is 14.8. The van der Waals surface area contributed by atoms with Gasteiger partial charge >= 0.3 is 0 Å². The Morgan fingerprint density at radius 1 is 1.15 bits per heavy atom. The number of aromatic nitrogens is 2. The molecule has 1 aromatic heterocycles. The van der Waals surface area contributed by atoms with Gasteiger partial charge in [-0.15, -0.1) is 10.2 Å². The number of anilines is 2. The number of hydrogen-bond donors (Lipinski definition) is 2. The van der Waals surface area contributed by atoms with E-state index in [2.05, 4.69) is 33.0 Å². The number of benzene rings is 2. The quantitative estimate of drug-likeness (QED) is 0.533. The molecule has 0 bridgehead atoms. The molecule has 0 aliphatic carbocycles. The number of ether oxygens (including phenoxy) is 1. The smallest absolute Gasteiger partial charge is 0.230 e. The number of carbonyl (C=O) groups is 1. The first-order valence-electron chi connectivity index (χ1n) is 8.41. The Hall–Kier alpha value is -2.58. The summed E-state index contributed by atoms with van der Waals surface area (Å²) in [6.45, 7) is 0.627. The fraction of sp³-hybridized carbons (Fsp3) is 0.211. The molecule has 0 aliphatic heterocycles. The van der Waals surface area contributed by atoms with Crippen LogP contribution in [0.2, 0.25) is 0 Å². The molecule has 6 nitrogen and oxygen atoms in total. The van der Waals surface area contributed by atoms with E-state index in [1.807, 2.05) is 42.5 Å². The normalized spacial score (nSPS) is 10.4. The summed E-state index contributed by atoms with van der Waals surface area (Å²) in [6.07, 6.45) is 0.824. The molecule has 3 aromatic rings. The van der Waals surface area contributed by atoms with Crippen molar-refractivity contribution in [2.24, 2.45) is 0 Å². The third kappa shape index (κ3) is 6.26. The Bertz CT molecular complexity index is 871. The number of nitrogens with one attached hydrogen (secondary N) is 2. The van der Waals surface area contributed by atoms with E-state index in [0.29, 0.717) is 17.4 Å². The molecule has 0 saturated heterocycles. The fourth-order valence-electron chi connectivity index (χ4n) is 2.31. The molecule has 0 unspecified atom stereocenters. The van der Waals surface area contributed by atoms with Gasteiger partial charge in [0, 0.05) is 18.3 Å². The number of methoxy groups -OCH3 is 1. The average Bonchev–Trinajstić information content (AvgIpc) is 3.15. The summed E-state index contributed by atoms with van der Waals surface area (Å²) in [4.78, 5) is 12.0. The molecule has 1 heterocycles. The minimum absolute atomic E-state index is 0.00608. The van der Waals surface area contributed by atoms with Crippen LogP contribution in [-0.2, 0) is 11.2 Å². The predicted octanol–water partition coefficient (Wildman–Crippen LogP) is 3.74. The lowest BCUT2D eigenvalue weighted by Crippen LogP contribution is -2.27. The summed E-state index contributed by atoms with van der Waals surface area (Å²) in [6, 6.07) is 17.7. The van der Waals surface area contributed by atoms with Gasteiger partial charge in [-0.1, -0.05) is 59.5 Å². The minimum Gasteiger partial charge on any atom is -0.497 e. The van der Waals surface area contributed by atoms with Crippen LogP contribution in [0.4, 0.5) is 10.8 Å². The van der Waals surface area contributed by atoms with E-state index in [0.717, 1.165) is 22.2 Å². The van der Waals surface area contributed by atoms with Gasteiger partial charge in [0.05, 0.1) is 12.9 Å². The van der Waals surface area contributed by atoms with Gasteiger partial charge in [-0.05, 0) is 24.1 Å². The van der Waals surface area contributed by atoms with E-state index in [1.54, 1.807) is 7.11 Å². The minimum atomic E-state index is -0.00608. The molecule has 2 aromatic carbocycles. The highest BCUT2D eigenvalue weighted by molar-refractivity contribution is 8.01. The lowest BCUT2D eigenvalue weighted by Gasteiger charge is -2.04. The molecular weight excluding hydrogens is 380 g/mol. The third-order valence-electron chi connectivity index (χ3n) is 3.63. The van der Waals surface area contributed by atoms with Crippen molar-refractivity contribution in [2.45, 2.75) is 10.8 Å². The third-order valence-corrected chi connectivity index (χ3v) is 5.60. The summed E-state index contributed by atoms with van der Waals surface area (Å²) in [5.41, 5.74) is 2.09. The van der Waals surface area contributed by atoms with Gasteiger partial charge in [0.1, 0.15) is 5.75 Å². The monoisotopic (exact) mass is 400 g/mol. The van der Waals surface area contributed by atoms with Crippen molar-refractivity contribution < 1.29 is 9.53 Å². The Morgan fingerprint density at radius 2 is 2.00 bits per heavy atom. The standard InChI is InChI=1S/C19H20N4O2S2/c1-25-16-9-5-8-15(12-16)21-18-22-23-19(27-18)26-13-17(24)20-11-10-14-6-3-2-4-7-14/h2-9,12H,10-11,13H2,1H3,(H,20,24)(H,21,22). The topological polar surface area (TPSA) is 76.1 Å². The van der Waals surface area contributed by atoms with Crippen molar-refractivity contribution >= 4 is 39.8 Å². The van der Waals surface area contributed by atoms with Gasteiger partial charge in [-0.25, -0.2) is 0 Å². The molecular formula is C19H20N4O2S2. The van der Waals surface area contributed by atoms with Gasteiger partial charge in [0.2, 0.25) is 11.0 Å². The number of thioether (sulfide) groups is 1. The second-order valence-electron chi connectivity index (χ2n) is 5.60. The SMILES string of the molecule is COc1cccc(Nc2nnc(SCC(=O)NCCc3ccccc3)s2)c1. The van der Waals surface area contributed by atoms with Crippen LogP contribution in [0.1, 0.15) is 5.56 Å². The molecule has 0 radical (unpaired) electrons. The van der Waals surface area contributed by atoms with Crippen LogP contribution in [0.3, 0.4) is 0 Å². The first-order chi connectivity index (χ1) is 13.2. The van der Waals surface area contributed by atoms with Crippen molar-refractivity contribution in [1.82, 2.24) is 15.5 Å². The summed E-state index contributed by atoms with van der Waals surface area (Å²) < 4.78 is 5.95. The van der Waals surface area contributed by atoms with Gasteiger partial charge in [0.25, 0.3) is 0 Å². The molecule has 27 heavy (non-hydrogen) atoms. The molecule has 0 saturated carbocycles. The first-order valence-corrected chi connectivity index (χ1v) is 10.2. The van der Waals surface area contributed by atoms with Crippen molar-refractivity contribution in [3.8, 4) is 5.75 Å². The van der Waals surface area contributed by atoms with Crippen LogP contribution in [0.25, 0.3) is 0 Å². The Morgan fingerprint density at radius 3 is 2.81 bits per heavy atom. The van der Waals surface area contributed by atoms with Crippen LogP contribution in [0, 0.1) is 0 Å². The number of rotatable bonds is 9. The second kappa shape index (κ2) is 9.94. The molecule has 0 atom stereocenters. The zero-order chi connectivity index (χ0) is 18.9. The van der Waals surface area contributed by atoms with Crippen molar-refractivity contribution in [2.75, 3.05) is 24.7 Å². The van der Waals surface area contributed by atoms with Crippen molar-refractivity contribution in [3.05, 3.63) is 60.2 Å². The van der Waals surface area contributed by atoms with Crippen LogP contribution in [0.15, 0.2) is 58.9 Å².